The Labute approximate surface area is 60.9 Å². The zero-order valence-corrected chi connectivity index (χ0v) is 6.13. The van der Waals surface area contributed by atoms with Crippen LogP contribution in [-0.4, -0.2) is 4.98 Å². The van der Waals surface area contributed by atoms with Crippen molar-refractivity contribution in [3.63, 3.8) is 0 Å². The fourth-order valence-electron chi connectivity index (χ4n) is 0.432. The summed E-state index contributed by atoms with van der Waals surface area (Å²) in [5, 5.41) is 0. The first-order valence-electron chi connectivity index (χ1n) is 2.31. The Bertz CT molecular complexity index is 187. The third-order valence-electron chi connectivity index (χ3n) is 0.836. The zero-order valence-electron chi connectivity index (χ0n) is 4.54. The van der Waals surface area contributed by atoms with Crippen molar-refractivity contribution in [3.8, 4) is 5.75 Å². The molecule has 1 heterocycles. The van der Waals surface area contributed by atoms with Gasteiger partial charge in [-0.3, -0.25) is 0 Å². The van der Waals surface area contributed by atoms with E-state index in [1.165, 1.54) is 6.20 Å². The van der Waals surface area contributed by atoms with E-state index in [2.05, 4.69) is 25.8 Å². The van der Waals surface area contributed by atoms with Crippen molar-refractivity contribution < 1.29 is 4.84 Å². The van der Waals surface area contributed by atoms with Crippen molar-refractivity contribution in [2.24, 2.45) is 5.90 Å². The average molecular weight is 189 g/mol. The average Bonchev–Trinajstić information content (AvgIpc) is 1.90. The van der Waals surface area contributed by atoms with Crippen LogP contribution in [0.2, 0.25) is 0 Å². The van der Waals surface area contributed by atoms with Crippen LogP contribution in [0.4, 0.5) is 0 Å². The molecule has 0 radical (unpaired) electrons. The van der Waals surface area contributed by atoms with Crippen molar-refractivity contribution >= 4 is 15.9 Å². The van der Waals surface area contributed by atoms with Crippen LogP contribution in [0.5, 0.6) is 5.75 Å². The fourth-order valence-corrected chi connectivity index (χ4v) is 0.667. The minimum Gasteiger partial charge on any atom is -0.410 e. The number of halogens is 1. The van der Waals surface area contributed by atoms with E-state index >= 15 is 0 Å². The van der Waals surface area contributed by atoms with Crippen molar-refractivity contribution in [2.45, 2.75) is 0 Å². The Morgan fingerprint density at radius 3 is 2.78 bits per heavy atom. The zero-order chi connectivity index (χ0) is 6.69. The van der Waals surface area contributed by atoms with Gasteiger partial charge in [0.05, 0.1) is 6.20 Å². The third-order valence-corrected chi connectivity index (χ3v) is 1.31. The van der Waals surface area contributed by atoms with Gasteiger partial charge in [0.1, 0.15) is 4.60 Å². The number of nitrogens with zero attached hydrogens (tertiary/aromatic N) is 1. The van der Waals surface area contributed by atoms with Crippen LogP contribution in [0.3, 0.4) is 0 Å². The first kappa shape index (κ1) is 6.51. The predicted molar refractivity (Wildman–Crippen MR) is 36.8 cm³/mol. The lowest BCUT2D eigenvalue weighted by Crippen LogP contribution is -2.01. The first-order chi connectivity index (χ1) is 4.33. The number of rotatable bonds is 1. The summed E-state index contributed by atoms with van der Waals surface area (Å²) in [4.78, 5) is 8.25. The van der Waals surface area contributed by atoms with Gasteiger partial charge < -0.3 is 4.84 Å². The van der Waals surface area contributed by atoms with E-state index in [9.17, 15) is 0 Å². The smallest absolute Gasteiger partial charge is 0.165 e. The minimum atomic E-state index is 0.554. The molecule has 0 spiro atoms. The summed E-state index contributed by atoms with van der Waals surface area (Å²) in [5.41, 5.74) is 0. The van der Waals surface area contributed by atoms with Gasteiger partial charge in [0.15, 0.2) is 5.75 Å². The molecule has 0 aliphatic carbocycles. The summed E-state index contributed by atoms with van der Waals surface area (Å²) < 4.78 is 0.767. The third kappa shape index (κ3) is 1.65. The molecule has 1 aromatic heterocycles. The molecule has 0 aromatic carbocycles. The van der Waals surface area contributed by atoms with Crippen LogP contribution in [0.15, 0.2) is 22.9 Å². The Balaban J connectivity index is 2.88. The van der Waals surface area contributed by atoms with Gasteiger partial charge in [0.25, 0.3) is 0 Å². The minimum absolute atomic E-state index is 0.554. The highest BCUT2D eigenvalue weighted by atomic mass is 79.9. The van der Waals surface area contributed by atoms with E-state index in [0.29, 0.717) is 5.75 Å². The molecule has 0 saturated carbocycles. The SMILES string of the molecule is NOc1ccc(Br)nc1. The Morgan fingerprint density at radius 2 is 2.33 bits per heavy atom. The van der Waals surface area contributed by atoms with Crippen molar-refractivity contribution in [3.05, 3.63) is 22.9 Å². The lowest BCUT2D eigenvalue weighted by Gasteiger charge is -1.94. The lowest BCUT2D eigenvalue weighted by molar-refractivity contribution is 0.333. The molecule has 3 nitrogen and oxygen atoms in total. The summed E-state index contributed by atoms with van der Waals surface area (Å²) >= 11 is 3.17. The molecule has 0 saturated heterocycles. The highest BCUT2D eigenvalue weighted by Gasteiger charge is 1.89. The van der Waals surface area contributed by atoms with E-state index in [4.69, 9.17) is 5.90 Å². The molecule has 2 N–H and O–H groups in total. The number of pyridine rings is 1. The molecule has 1 aromatic rings. The maximum absolute atomic E-state index is 4.84. The number of nitrogens with two attached hydrogens (primary N) is 1. The van der Waals surface area contributed by atoms with E-state index in [1.54, 1.807) is 12.1 Å². The monoisotopic (exact) mass is 188 g/mol. The van der Waals surface area contributed by atoms with Gasteiger partial charge in [0.2, 0.25) is 0 Å². The largest absolute Gasteiger partial charge is 0.410 e. The maximum atomic E-state index is 4.84. The van der Waals surface area contributed by atoms with E-state index in [0.717, 1.165) is 4.60 Å². The van der Waals surface area contributed by atoms with Gasteiger partial charge >= 0.3 is 0 Å². The second-order valence-corrected chi connectivity index (χ2v) is 2.25. The second kappa shape index (κ2) is 2.80. The molecular formula is C5H5BrN2O. The molecule has 0 unspecified atom stereocenters. The van der Waals surface area contributed by atoms with Gasteiger partial charge in [-0.15, -0.1) is 0 Å². The summed E-state index contributed by atoms with van der Waals surface area (Å²) in [6.45, 7) is 0. The highest BCUT2D eigenvalue weighted by Crippen LogP contribution is 2.10. The van der Waals surface area contributed by atoms with E-state index in [1.807, 2.05) is 0 Å². The van der Waals surface area contributed by atoms with Crippen molar-refractivity contribution in [2.75, 3.05) is 0 Å². The van der Waals surface area contributed by atoms with Gasteiger partial charge in [-0.05, 0) is 28.1 Å². The fraction of sp³-hybridized carbons (Fsp3) is 0. The molecule has 0 aliphatic heterocycles. The molecular weight excluding hydrogens is 184 g/mol. The van der Waals surface area contributed by atoms with Crippen LogP contribution in [-0.2, 0) is 0 Å². The van der Waals surface area contributed by atoms with E-state index < -0.39 is 0 Å². The number of hydrogen-bond donors (Lipinski definition) is 1. The predicted octanol–water partition coefficient (Wildman–Crippen LogP) is 1.10. The summed E-state index contributed by atoms with van der Waals surface area (Å²) in [6.07, 6.45) is 1.53. The van der Waals surface area contributed by atoms with Gasteiger partial charge in [-0.1, -0.05) is 0 Å². The Hall–Kier alpha value is -0.610. The number of aromatic nitrogens is 1. The molecule has 9 heavy (non-hydrogen) atoms. The molecule has 0 aliphatic rings. The van der Waals surface area contributed by atoms with Crippen LogP contribution < -0.4 is 10.7 Å². The molecule has 4 heteroatoms. The standard InChI is InChI=1S/C5H5BrN2O/c6-5-2-1-4(9-7)3-8-5/h1-3H,7H2. The summed E-state index contributed by atoms with van der Waals surface area (Å²) in [7, 11) is 0. The van der Waals surface area contributed by atoms with Crippen molar-refractivity contribution in [1.82, 2.24) is 4.98 Å². The van der Waals surface area contributed by atoms with Crippen LogP contribution in [0.25, 0.3) is 0 Å². The quantitative estimate of drug-likeness (QED) is 0.531. The maximum Gasteiger partial charge on any atom is 0.165 e. The summed E-state index contributed by atoms with van der Waals surface area (Å²) in [6, 6.07) is 3.47. The van der Waals surface area contributed by atoms with Gasteiger partial charge in [-0.2, -0.15) is 5.90 Å². The Morgan fingerprint density at radius 1 is 1.56 bits per heavy atom. The summed E-state index contributed by atoms with van der Waals surface area (Å²) in [5.74, 6) is 5.40. The normalized spacial score (nSPS) is 9.11. The second-order valence-electron chi connectivity index (χ2n) is 1.43. The molecule has 48 valence electrons. The van der Waals surface area contributed by atoms with E-state index in [-0.39, 0.29) is 0 Å². The van der Waals surface area contributed by atoms with Gasteiger partial charge in [0, 0.05) is 0 Å². The van der Waals surface area contributed by atoms with Crippen LogP contribution in [0, 0.1) is 0 Å². The molecule has 1 rings (SSSR count). The van der Waals surface area contributed by atoms with Crippen molar-refractivity contribution in [1.29, 1.82) is 0 Å². The number of hydrogen-bond acceptors (Lipinski definition) is 3. The topological polar surface area (TPSA) is 48.1 Å². The molecule has 0 fully saturated rings. The van der Waals surface area contributed by atoms with Crippen LogP contribution in [0.1, 0.15) is 0 Å². The lowest BCUT2D eigenvalue weighted by atomic mass is 10.5. The molecule has 0 bridgehead atoms. The van der Waals surface area contributed by atoms with Gasteiger partial charge in [-0.25, -0.2) is 4.98 Å². The van der Waals surface area contributed by atoms with Crippen LogP contribution >= 0.6 is 15.9 Å². The molecule has 0 amide bonds. The Kier molecular flexibility index (Phi) is 2.02. The highest BCUT2D eigenvalue weighted by molar-refractivity contribution is 9.10. The molecule has 0 atom stereocenters. The first-order valence-corrected chi connectivity index (χ1v) is 3.10.